The van der Waals surface area contributed by atoms with Crippen LogP contribution in [-0.4, -0.2) is 8.97 Å². The summed E-state index contributed by atoms with van der Waals surface area (Å²) in [5.41, 5.74) is 16.5. The number of aromatic nitrogens is 2. The van der Waals surface area contributed by atoms with E-state index in [1.54, 1.807) is 0 Å². The molecule has 0 aliphatic heterocycles. The average Bonchev–Trinajstić information content (AvgIpc) is 3.93. The highest BCUT2D eigenvalue weighted by molar-refractivity contribution is 6.31. The molecule has 0 fully saturated rings. The highest BCUT2D eigenvalue weighted by Gasteiger charge is 2.52. The summed E-state index contributed by atoms with van der Waals surface area (Å²) in [6.45, 7) is 2.36. The Hall–Kier alpha value is -6.71. The van der Waals surface area contributed by atoms with Crippen molar-refractivity contribution in [3.05, 3.63) is 196 Å². The molecule has 13 rings (SSSR count). The summed E-state index contributed by atoms with van der Waals surface area (Å²) in [7, 11) is 0. The van der Waals surface area contributed by atoms with E-state index < -0.39 is 5.41 Å². The lowest BCUT2D eigenvalue weighted by Crippen LogP contribution is -2.25. The number of rotatable bonds is 1. The molecular weight excluding hydrogens is 657 g/mol. The molecule has 0 radical (unpaired) electrons. The monoisotopic (exact) mass is 688 g/mol. The van der Waals surface area contributed by atoms with E-state index in [1.165, 1.54) is 61.1 Å². The van der Waals surface area contributed by atoms with Crippen LogP contribution in [-0.2, 0) is 5.41 Å². The normalized spacial score (nSPS) is 16.1. The maximum absolute atomic E-state index is 15.3. The summed E-state index contributed by atoms with van der Waals surface area (Å²) in [6, 6.07) is 53.0. The summed E-state index contributed by atoms with van der Waals surface area (Å²) < 4.78 is 4.57. The summed E-state index contributed by atoms with van der Waals surface area (Å²) in [4.78, 5) is 15.3. The van der Waals surface area contributed by atoms with Crippen LogP contribution in [0.4, 0.5) is 0 Å². The Bertz CT molecular complexity index is 3350. The van der Waals surface area contributed by atoms with Gasteiger partial charge in [-0.1, -0.05) is 134 Å². The fraction of sp³-hybridized carbons (Fsp3) is 0.0784. The minimum atomic E-state index is -0.499. The van der Waals surface area contributed by atoms with Crippen LogP contribution in [0.3, 0.4) is 0 Å². The quantitative estimate of drug-likeness (QED) is 0.158. The van der Waals surface area contributed by atoms with Crippen molar-refractivity contribution >= 4 is 54.9 Å². The van der Waals surface area contributed by atoms with Gasteiger partial charge in [0.2, 0.25) is 0 Å². The van der Waals surface area contributed by atoms with Gasteiger partial charge in [0.15, 0.2) is 0 Å². The molecule has 3 aliphatic carbocycles. The molecule has 3 nitrogen and oxygen atoms in total. The zero-order valence-electron chi connectivity index (χ0n) is 29.6. The van der Waals surface area contributed by atoms with Gasteiger partial charge in [-0.25, -0.2) is 0 Å². The Morgan fingerprint density at radius 2 is 1.19 bits per heavy atom. The summed E-state index contributed by atoms with van der Waals surface area (Å²) >= 11 is 0. The molecule has 0 bridgehead atoms. The highest BCUT2D eigenvalue weighted by Crippen LogP contribution is 2.64. The first-order valence-electron chi connectivity index (χ1n) is 19.1. The van der Waals surface area contributed by atoms with Crippen LogP contribution in [0.15, 0.2) is 156 Å². The van der Waals surface area contributed by atoms with E-state index in [4.69, 9.17) is 0 Å². The Kier molecular flexibility index (Phi) is 5.25. The van der Waals surface area contributed by atoms with Gasteiger partial charge in [0.05, 0.1) is 27.7 Å². The van der Waals surface area contributed by atoms with Crippen molar-refractivity contribution in [2.24, 2.45) is 0 Å². The first kappa shape index (κ1) is 28.8. The van der Waals surface area contributed by atoms with E-state index in [1.807, 2.05) is 12.1 Å². The van der Waals surface area contributed by atoms with Gasteiger partial charge in [0, 0.05) is 38.2 Å². The van der Waals surface area contributed by atoms with Gasteiger partial charge in [0.1, 0.15) is 0 Å². The maximum atomic E-state index is 15.3. The maximum Gasteiger partial charge on any atom is 0.263 e. The molecule has 3 heteroatoms. The first-order valence-corrected chi connectivity index (χ1v) is 19.1. The third-order valence-electron chi connectivity index (χ3n) is 13.1. The molecule has 0 saturated heterocycles. The van der Waals surface area contributed by atoms with E-state index in [0.29, 0.717) is 5.92 Å². The van der Waals surface area contributed by atoms with Crippen molar-refractivity contribution in [1.29, 1.82) is 0 Å². The Labute approximate surface area is 311 Å². The summed E-state index contributed by atoms with van der Waals surface area (Å²) in [5.74, 6) is 0.356. The average molecular weight is 689 g/mol. The fourth-order valence-electron chi connectivity index (χ4n) is 11.1. The zero-order chi connectivity index (χ0) is 35.4. The van der Waals surface area contributed by atoms with Gasteiger partial charge in [0.25, 0.3) is 5.56 Å². The predicted molar refractivity (Wildman–Crippen MR) is 223 cm³/mol. The van der Waals surface area contributed by atoms with E-state index in [2.05, 4.69) is 162 Å². The van der Waals surface area contributed by atoms with Crippen LogP contribution in [0.25, 0.3) is 82.9 Å². The van der Waals surface area contributed by atoms with Crippen molar-refractivity contribution < 1.29 is 0 Å². The molecule has 252 valence electrons. The lowest BCUT2D eigenvalue weighted by molar-refractivity contribution is 0.773. The summed E-state index contributed by atoms with van der Waals surface area (Å²) in [6.07, 6.45) is 5.64. The topological polar surface area (TPSA) is 26.4 Å². The largest absolute Gasteiger partial charge is 0.309 e. The number of hydrogen-bond acceptors (Lipinski definition) is 1. The van der Waals surface area contributed by atoms with Gasteiger partial charge in [-0.15, -0.1) is 0 Å². The number of para-hydroxylation sites is 1. The van der Waals surface area contributed by atoms with Crippen LogP contribution in [0.5, 0.6) is 0 Å². The molecule has 0 saturated carbocycles. The second-order valence-electron chi connectivity index (χ2n) is 15.5. The molecule has 3 aliphatic rings. The van der Waals surface area contributed by atoms with Crippen LogP contribution in [0.2, 0.25) is 0 Å². The zero-order valence-corrected chi connectivity index (χ0v) is 29.6. The molecule has 3 aromatic heterocycles. The van der Waals surface area contributed by atoms with Crippen LogP contribution in [0.1, 0.15) is 52.8 Å². The lowest BCUT2D eigenvalue weighted by atomic mass is 9.70. The third-order valence-corrected chi connectivity index (χ3v) is 13.1. The fourth-order valence-corrected chi connectivity index (χ4v) is 11.1. The molecule has 3 heterocycles. The molecule has 0 amide bonds. The second-order valence-corrected chi connectivity index (χ2v) is 15.5. The molecule has 0 N–H and O–H groups in total. The molecule has 1 spiro atoms. The smallest absolute Gasteiger partial charge is 0.263 e. The van der Waals surface area contributed by atoms with E-state index >= 15 is 4.79 Å². The Morgan fingerprint density at radius 1 is 0.556 bits per heavy atom. The predicted octanol–water partition coefficient (Wildman–Crippen LogP) is 12.0. The van der Waals surface area contributed by atoms with Crippen molar-refractivity contribution in [2.45, 2.75) is 24.7 Å². The van der Waals surface area contributed by atoms with Gasteiger partial charge in [-0.05, 0) is 92.6 Å². The van der Waals surface area contributed by atoms with Crippen LogP contribution in [0, 0.1) is 0 Å². The number of hydrogen-bond donors (Lipinski definition) is 0. The number of fused-ring (bicyclic) bond motifs is 20. The number of nitrogens with zero attached hydrogens (tertiary/aromatic N) is 2. The van der Waals surface area contributed by atoms with Crippen molar-refractivity contribution in [3.8, 4) is 27.9 Å². The second kappa shape index (κ2) is 9.83. The van der Waals surface area contributed by atoms with Crippen molar-refractivity contribution in [1.82, 2.24) is 8.97 Å². The minimum absolute atomic E-state index is 0.0346. The lowest BCUT2D eigenvalue weighted by Gasteiger charge is -2.30. The standard InChI is InChI=1S/C51H32N2O/c1-29-14-13-25-43-44(29)38-28-37-31-17-5-6-20-34(31)50(54)53-47-36(46(48(37)53)49(38)52(43)30-15-3-2-4-16-30)26-27-42-45(47)35-21-9-12-24-41(35)51(42)39-22-10-7-18-32(39)33-19-8-11-23-40(33)51/h2-13,15-29H,14H2,1H3. The van der Waals surface area contributed by atoms with Crippen LogP contribution >= 0.6 is 0 Å². The van der Waals surface area contributed by atoms with Crippen LogP contribution < -0.4 is 5.56 Å². The van der Waals surface area contributed by atoms with Crippen molar-refractivity contribution in [3.63, 3.8) is 0 Å². The molecular formula is C51H32N2O. The van der Waals surface area contributed by atoms with Gasteiger partial charge < -0.3 is 4.57 Å². The Balaban J connectivity index is 1.32. The highest BCUT2D eigenvalue weighted by atomic mass is 16.1. The summed E-state index contributed by atoms with van der Waals surface area (Å²) in [5, 5.41) is 6.43. The molecule has 7 aromatic carbocycles. The third kappa shape index (κ3) is 3.14. The first-order chi connectivity index (χ1) is 26.7. The number of allylic oxidation sites excluding steroid dienone is 1. The molecule has 54 heavy (non-hydrogen) atoms. The van der Waals surface area contributed by atoms with E-state index in [-0.39, 0.29) is 5.56 Å². The van der Waals surface area contributed by atoms with Crippen molar-refractivity contribution in [2.75, 3.05) is 0 Å². The Morgan fingerprint density at radius 3 is 1.93 bits per heavy atom. The van der Waals surface area contributed by atoms with Gasteiger partial charge >= 0.3 is 0 Å². The van der Waals surface area contributed by atoms with Gasteiger partial charge in [-0.2, -0.15) is 0 Å². The number of benzene rings is 7. The minimum Gasteiger partial charge on any atom is -0.309 e. The molecule has 10 aromatic rings. The SMILES string of the molecule is CC1CC=Cc2c1c1cc3c4ccccc4c(=O)n4c5c6c(ccc5c(c1n2-c1ccccc1)c34)C1(c2ccccc2-c2ccccc21)c1ccccc1-6. The van der Waals surface area contributed by atoms with Gasteiger partial charge in [-0.3, -0.25) is 9.20 Å². The van der Waals surface area contributed by atoms with E-state index in [0.717, 1.165) is 55.6 Å². The molecule has 1 unspecified atom stereocenters. The molecule has 1 atom stereocenters. The number of pyridine rings is 1. The van der Waals surface area contributed by atoms with E-state index in [9.17, 15) is 0 Å².